The highest BCUT2D eigenvalue weighted by Gasteiger charge is 2.15. The number of nitrogens with two attached hydrogens (primary N) is 1. The molecular formula is C36H58N8O12. The van der Waals surface area contributed by atoms with Crippen LogP contribution in [0.5, 0.6) is 5.75 Å². The van der Waals surface area contributed by atoms with Crippen molar-refractivity contribution in [3.8, 4) is 5.75 Å². The number of hydroxylamine groups is 6. The van der Waals surface area contributed by atoms with Gasteiger partial charge in [0.25, 0.3) is 11.8 Å². The van der Waals surface area contributed by atoms with E-state index in [1.54, 1.807) is 12.1 Å². The lowest BCUT2D eigenvalue weighted by Crippen LogP contribution is -2.33. The number of nitrogens with one attached hydrogen (secondary N) is 4. The molecule has 314 valence electrons. The van der Waals surface area contributed by atoms with Crippen LogP contribution < -0.4 is 31.7 Å². The summed E-state index contributed by atoms with van der Waals surface area (Å²) in [7, 11) is 0. The number of unbranched alkanes of at least 4 members (excludes halogenated alkanes) is 6. The molecule has 20 nitrogen and oxygen atoms in total. The van der Waals surface area contributed by atoms with Crippen molar-refractivity contribution in [3.63, 3.8) is 0 Å². The SMILES string of the molecule is CC(=O)N(O)CCCCCNC(=O)CCC(=O)N(O)CCCCCNC(=O)CCC(=O)N(O)CCCCCNC(=O)COc1cccc(C(=O)NCC(N)=O)c1. The first-order valence-electron chi connectivity index (χ1n) is 18.7. The lowest BCUT2D eigenvalue weighted by atomic mass is 10.2. The van der Waals surface area contributed by atoms with E-state index < -0.39 is 29.5 Å². The average molecular weight is 795 g/mol. The van der Waals surface area contributed by atoms with E-state index in [1.807, 2.05) is 0 Å². The molecule has 0 saturated heterocycles. The van der Waals surface area contributed by atoms with Gasteiger partial charge < -0.3 is 31.7 Å². The first-order valence-corrected chi connectivity index (χ1v) is 18.7. The van der Waals surface area contributed by atoms with Crippen molar-refractivity contribution in [1.82, 2.24) is 36.5 Å². The molecule has 0 radical (unpaired) electrons. The summed E-state index contributed by atoms with van der Waals surface area (Å²) in [6.07, 6.45) is 4.73. The van der Waals surface area contributed by atoms with Gasteiger partial charge in [-0.2, -0.15) is 0 Å². The van der Waals surface area contributed by atoms with E-state index in [9.17, 15) is 54.0 Å². The van der Waals surface area contributed by atoms with Gasteiger partial charge in [0, 0.05) is 77.4 Å². The number of nitrogens with zero attached hydrogens (tertiary/aromatic N) is 3. The fourth-order valence-electron chi connectivity index (χ4n) is 4.85. The zero-order valence-electron chi connectivity index (χ0n) is 32.1. The third-order valence-electron chi connectivity index (χ3n) is 8.07. The van der Waals surface area contributed by atoms with Gasteiger partial charge in [-0.1, -0.05) is 6.07 Å². The minimum atomic E-state index is -0.680. The molecule has 56 heavy (non-hydrogen) atoms. The Labute approximate surface area is 326 Å². The molecule has 9 N–H and O–H groups in total. The molecule has 8 amide bonds. The second kappa shape index (κ2) is 29.0. The van der Waals surface area contributed by atoms with Crippen LogP contribution in [0.2, 0.25) is 0 Å². The molecule has 0 saturated carbocycles. The molecule has 0 heterocycles. The summed E-state index contributed by atoms with van der Waals surface area (Å²) in [5.41, 5.74) is 5.25. The van der Waals surface area contributed by atoms with Gasteiger partial charge in [-0.05, 0) is 76.0 Å². The highest BCUT2D eigenvalue weighted by Crippen LogP contribution is 2.13. The van der Waals surface area contributed by atoms with Crippen molar-refractivity contribution in [2.24, 2.45) is 5.73 Å². The molecule has 1 rings (SSSR count). The molecule has 0 aliphatic rings. The topological polar surface area (TPSA) is 290 Å². The molecule has 0 fully saturated rings. The van der Waals surface area contributed by atoms with E-state index in [2.05, 4.69) is 21.3 Å². The number of hydrogen-bond donors (Lipinski definition) is 8. The minimum absolute atomic E-state index is 0.0646. The molecule has 0 aliphatic heterocycles. The van der Waals surface area contributed by atoms with Crippen LogP contribution in [0.1, 0.15) is 101 Å². The summed E-state index contributed by atoms with van der Waals surface area (Å²) >= 11 is 0. The lowest BCUT2D eigenvalue weighted by Gasteiger charge is -2.15. The second-order valence-electron chi connectivity index (χ2n) is 12.9. The Bertz CT molecular complexity index is 1430. The largest absolute Gasteiger partial charge is 0.484 e. The van der Waals surface area contributed by atoms with E-state index in [4.69, 9.17) is 10.5 Å². The molecule has 1 aromatic rings. The molecule has 0 unspecified atom stereocenters. The van der Waals surface area contributed by atoms with Crippen LogP contribution in [-0.4, -0.2) is 130 Å². The van der Waals surface area contributed by atoms with Gasteiger partial charge >= 0.3 is 0 Å². The molecule has 20 heteroatoms. The van der Waals surface area contributed by atoms with Crippen LogP contribution in [0.3, 0.4) is 0 Å². The molecule has 0 spiro atoms. The van der Waals surface area contributed by atoms with Crippen molar-refractivity contribution in [1.29, 1.82) is 0 Å². The Morgan fingerprint density at radius 3 is 1.54 bits per heavy atom. The molecule has 0 aliphatic carbocycles. The Balaban J connectivity index is 2.05. The van der Waals surface area contributed by atoms with Gasteiger partial charge in [-0.15, -0.1) is 0 Å². The highest BCUT2D eigenvalue weighted by molar-refractivity contribution is 5.96. The van der Waals surface area contributed by atoms with E-state index in [0.717, 1.165) is 0 Å². The van der Waals surface area contributed by atoms with Crippen LogP contribution in [0.25, 0.3) is 0 Å². The van der Waals surface area contributed by atoms with Gasteiger partial charge in [0.2, 0.25) is 35.4 Å². The zero-order chi connectivity index (χ0) is 41.7. The van der Waals surface area contributed by atoms with Crippen molar-refractivity contribution >= 4 is 47.3 Å². The van der Waals surface area contributed by atoms with E-state index in [0.29, 0.717) is 98.4 Å². The summed E-state index contributed by atoms with van der Waals surface area (Å²) in [5, 5.41) is 41.5. The maximum Gasteiger partial charge on any atom is 0.257 e. The van der Waals surface area contributed by atoms with Crippen molar-refractivity contribution in [2.45, 2.75) is 90.4 Å². The van der Waals surface area contributed by atoms with E-state index in [-0.39, 0.29) is 81.8 Å². The summed E-state index contributed by atoms with van der Waals surface area (Å²) < 4.78 is 5.42. The Morgan fingerprint density at radius 1 is 0.607 bits per heavy atom. The third-order valence-corrected chi connectivity index (χ3v) is 8.07. The Hall–Kier alpha value is -5.34. The fraction of sp³-hybridized carbons (Fsp3) is 0.611. The van der Waals surface area contributed by atoms with Crippen LogP contribution in [-0.2, 0) is 33.6 Å². The number of rotatable bonds is 30. The first kappa shape index (κ1) is 48.7. The smallest absolute Gasteiger partial charge is 0.257 e. The monoisotopic (exact) mass is 794 g/mol. The molecule has 0 aromatic heterocycles. The van der Waals surface area contributed by atoms with Crippen molar-refractivity contribution < 1.29 is 58.7 Å². The number of ether oxygens (including phenoxy) is 1. The standard InChI is InChI=1S/C36H58N8O12/c1-27(45)42(53)21-8-2-5-18-38-31(47)14-16-34(50)43(54)22-9-3-6-19-39-32(48)15-17-35(51)44(55)23-10-4-7-20-40-33(49)26-56-29-13-11-12-28(24-29)36(52)41-25-30(37)46/h11-13,24,53-55H,2-10,14-23,25-26H2,1H3,(H2,37,46)(H,38,47)(H,39,48)(H,40,49)(H,41,52). The number of carbonyl (C=O) groups excluding carboxylic acids is 8. The van der Waals surface area contributed by atoms with Crippen LogP contribution in [0, 0.1) is 0 Å². The Morgan fingerprint density at radius 2 is 1.07 bits per heavy atom. The van der Waals surface area contributed by atoms with Crippen LogP contribution >= 0.6 is 0 Å². The average Bonchev–Trinajstić information content (AvgIpc) is 3.17. The first-order chi connectivity index (χ1) is 26.7. The maximum absolute atomic E-state index is 12.2. The fourth-order valence-corrected chi connectivity index (χ4v) is 4.85. The Kier molecular flexibility index (Phi) is 25.2. The zero-order valence-corrected chi connectivity index (χ0v) is 32.1. The van der Waals surface area contributed by atoms with Gasteiger partial charge in [-0.25, -0.2) is 15.2 Å². The molecular weight excluding hydrogens is 736 g/mol. The number of amides is 8. The number of carbonyl (C=O) groups is 8. The van der Waals surface area contributed by atoms with Gasteiger partial charge in [0.15, 0.2) is 6.61 Å². The van der Waals surface area contributed by atoms with Gasteiger partial charge in [0.1, 0.15) is 5.75 Å². The van der Waals surface area contributed by atoms with E-state index in [1.165, 1.54) is 19.1 Å². The van der Waals surface area contributed by atoms with E-state index >= 15 is 0 Å². The van der Waals surface area contributed by atoms with Crippen LogP contribution in [0.15, 0.2) is 24.3 Å². The van der Waals surface area contributed by atoms with Gasteiger partial charge in [-0.3, -0.25) is 54.0 Å². The minimum Gasteiger partial charge on any atom is -0.484 e. The lowest BCUT2D eigenvalue weighted by molar-refractivity contribution is -0.166. The summed E-state index contributed by atoms with van der Waals surface area (Å²) in [5.74, 6) is -3.56. The third kappa shape index (κ3) is 24.1. The van der Waals surface area contributed by atoms with Crippen molar-refractivity contribution in [2.75, 3.05) is 52.4 Å². The van der Waals surface area contributed by atoms with Crippen molar-refractivity contribution in [3.05, 3.63) is 29.8 Å². The maximum atomic E-state index is 12.2. The molecule has 1 aromatic carbocycles. The number of primary amides is 1. The molecule has 0 bridgehead atoms. The summed E-state index contributed by atoms with van der Waals surface area (Å²) in [6.45, 7) is 2.10. The normalized spacial score (nSPS) is 10.5. The second-order valence-corrected chi connectivity index (χ2v) is 12.9. The predicted molar refractivity (Wildman–Crippen MR) is 199 cm³/mol. The van der Waals surface area contributed by atoms with Gasteiger partial charge in [0.05, 0.1) is 6.54 Å². The predicted octanol–water partition coefficient (Wildman–Crippen LogP) is 0.374. The van der Waals surface area contributed by atoms with Crippen LogP contribution in [0.4, 0.5) is 0 Å². The molecule has 0 atom stereocenters. The summed E-state index contributed by atoms with van der Waals surface area (Å²) in [6, 6.07) is 6.09. The number of hydrogen-bond acceptors (Lipinski definition) is 12. The highest BCUT2D eigenvalue weighted by atomic mass is 16.5. The quantitative estimate of drug-likeness (QED) is 0.0298. The summed E-state index contributed by atoms with van der Waals surface area (Å²) in [4.78, 5) is 94.2. The number of benzene rings is 1.